The Morgan fingerprint density at radius 2 is 1.82 bits per heavy atom. The van der Waals surface area contributed by atoms with Crippen LogP contribution >= 0.6 is 11.3 Å². The molecule has 146 valence electrons. The molecule has 0 unspecified atom stereocenters. The summed E-state index contributed by atoms with van der Waals surface area (Å²) in [5.74, 6) is -0.485. The second-order valence-corrected chi connectivity index (χ2v) is 7.83. The monoisotopic (exact) mass is 397 g/mol. The van der Waals surface area contributed by atoms with E-state index in [-0.39, 0.29) is 11.8 Å². The van der Waals surface area contributed by atoms with Crippen molar-refractivity contribution < 1.29 is 14.3 Å². The number of hydrogen-bond donors (Lipinski definition) is 1. The number of hydrogen-bond acceptors (Lipinski definition) is 6. The number of carbonyl (C=O) groups is 2. The molecule has 2 aromatic rings. The number of ether oxygens (including phenoxy) is 1. The Kier molecular flexibility index (Phi) is 5.57. The number of morpholine rings is 1. The number of rotatable bonds is 6. The summed E-state index contributed by atoms with van der Waals surface area (Å²) in [6, 6.07) is 11.5. The first-order valence-corrected chi connectivity index (χ1v) is 10.3. The maximum Gasteiger partial charge on any atom is 0.278 e. The summed E-state index contributed by atoms with van der Waals surface area (Å²) >= 11 is 1.47. The Hall–Kier alpha value is -2.48. The highest BCUT2D eigenvalue weighted by Crippen LogP contribution is 2.33. The minimum atomic E-state index is -0.259. The van der Waals surface area contributed by atoms with Crippen LogP contribution in [0.3, 0.4) is 0 Å². The van der Waals surface area contributed by atoms with E-state index in [0.29, 0.717) is 37.6 Å². The summed E-state index contributed by atoms with van der Waals surface area (Å²) in [7, 11) is 0. The second kappa shape index (κ2) is 8.26. The molecule has 2 aliphatic rings. The van der Waals surface area contributed by atoms with E-state index in [1.165, 1.54) is 16.2 Å². The van der Waals surface area contributed by atoms with E-state index in [4.69, 9.17) is 4.74 Å². The smallest absolute Gasteiger partial charge is 0.278 e. The van der Waals surface area contributed by atoms with Crippen LogP contribution in [-0.2, 0) is 14.3 Å². The van der Waals surface area contributed by atoms with Crippen molar-refractivity contribution in [3.63, 3.8) is 0 Å². The number of nitrogens with zero attached hydrogens (tertiary/aromatic N) is 2. The van der Waals surface area contributed by atoms with E-state index >= 15 is 0 Å². The standard InChI is InChI=1S/C21H23N3O3S/c1-15-5-2-3-6-16(15)22-19-18(17-7-4-14-28-17)20(25)24(21(19)26)9-8-23-10-12-27-13-11-23/h2-7,14,22H,8-13H2,1H3. The highest BCUT2D eigenvalue weighted by molar-refractivity contribution is 7.11. The normalized spacial score (nSPS) is 18.2. The topological polar surface area (TPSA) is 61.9 Å². The Morgan fingerprint density at radius 3 is 2.54 bits per heavy atom. The van der Waals surface area contributed by atoms with Gasteiger partial charge in [0.15, 0.2) is 0 Å². The van der Waals surface area contributed by atoms with Gasteiger partial charge in [-0.1, -0.05) is 24.3 Å². The Bertz CT molecular complexity index is 901. The van der Waals surface area contributed by atoms with Gasteiger partial charge in [-0.2, -0.15) is 0 Å². The molecule has 1 saturated heterocycles. The van der Waals surface area contributed by atoms with Crippen molar-refractivity contribution in [1.29, 1.82) is 0 Å². The van der Waals surface area contributed by atoms with Gasteiger partial charge in [0.2, 0.25) is 0 Å². The summed E-state index contributed by atoms with van der Waals surface area (Å²) in [4.78, 5) is 30.7. The largest absolute Gasteiger partial charge is 0.379 e. The average molecular weight is 398 g/mol. The van der Waals surface area contributed by atoms with Crippen molar-refractivity contribution in [2.75, 3.05) is 44.7 Å². The second-order valence-electron chi connectivity index (χ2n) is 6.88. The van der Waals surface area contributed by atoms with Gasteiger partial charge in [0, 0.05) is 36.7 Å². The Balaban J connectivity index is 1.59. The molecule has 3 heterocycles. The molecule has 6 nitrogen and oxygen atoms in total. The molecule has 4 rings (SSSR count). The summed E-state index contributed by atoms with van der Waals surface area (Å²) < 4.78 is 5.37. The van der Waals surface area contributed by atoms with Crippen molar-refractivity contribution in [1.82, 2.24) is 9.80 Å². The lowest BCUT2D eigenvalue weighted by molar-refractivity contribution is -0.137. The number of amides is 2. The van der Waals surface area contributed by atoms with Gasteiger partial charge in [-0.3, -0.25) is 19.4 Å². The predicted molar refractivity (Wildman–Crippen MR) is 110 cm³/mol. The zero-order valence-corrected chi connectivity index (χ0v) is 16.6. The van der Waals surface area contributed by atoms with Crippen molar-refractivity contribution in [3.8, 4) is 0 Å². The number of anilines is 1. The third kappa shape index (κ3) is 3.73. The van der Waals surface area contributed by atoms with Gasteiger partial charge in [-0.15, -0.1) is 11.3 Å². The number of thiophene rings is 1. The maximum absolute atomic E-state index is 13.2. The van der Waals surface area contributed by atoms with Crippen LogP contribution in [0, 0.1) is 6.92 Å². The lowest BCUT2D eigenvalue weighted by Crippen LogP contribution is -2.43. The molecule has 0 spiro atoms. The molecule has 2 amide bonds. The minimum absolute atomic E-state index is 0.225. The van der Waals surface area contributed by atoms with Crippen LogP contribution in [0.1, 0.15) is 10.4 Å². The average Bonchev–Trinajstić information content (AvgIpc) is 3.31. The number of aryl methyl sites for hydroxylation is 1. The molecule has 0 bridgehead atoms. The van der Waals surface area contributed by atoms with E-state index in [9.17, 15) is 9.59 Å². The molecule has 0 saturated carbocycles. The molecule has 1 aromatic heterocycles. The van der Waals surface area contributed by atoms with E-state index < -0.39 is 0 Å². The molecular formula is C21H23N3O3S. The molecule has 1 N–H and O–H groups in total. The minimum Gasteiger partial charge on any atom is -0.379 e. The summed E-state index contributed by atoms with van der Waals surface area (Å²) in [5, 5.41) is 5.15. The van der Waals surface area contributed by atoms with Gasteiger partial charge in [-0.05, 0) is 30.0 Å². The zero-order valence-electron chi connectivity index (χ0n) is 15.8. The maximum atomic E-state index is 13.2. The third-order valence-electron chi connectivity index (χ3n) is 5.08. The number of para-hydroxylation sites is 1. The highest BCUT2D eigenvalue weighted by Gasteiger charge is 2.39. The number of carbonyl (C=O) groups excluding carboxylic acids is 2. The molecule has 7 heteroatoms. The quantitative estimate of drug-likeness (QED) is 0.759. The van der Waals surface area contributed by atoms with Crippen molar-refractivity contribution >= 4 is 34.4 Å². The summed E-state index contributed by atoms with van der Waals surface area (Å²) in [6.45, 7) is 6.07. The highest BCUT2D eigenvalue weighted by atomic mass is 32.1. The van der Waals surface area contributed by atoms with Crippen molar-refractivity contribution in [3.05, 3.63) is 57.9 Å². The van der Waals surface area contributed by atoms with E-state index in [2.05, 4.69) is 10.2 Å². The fourth-order valence-corrected chi connectivity index (χ4v) is 4.23. The molecule has 1 aromatic carbocycles. The lowest BCUT2D eigenvalue weighted by Gasteiger charge is -2.28. The molecule has 28 heavy (non-hydrogen) atoms. The molecule has 0 aliphatic carbocycles. The molecule has 0 radical (unpaired) electrons. The predicted octanol–water partition coefficient (Wildman–Crippen LogP) is 2.58. The zero-order chi connectivity index (χ0) is 19.5. The fourth-order valence-electron chi connectivity index (χ4n) is 3.46. The van der Waals surface area contributed by atoms with Gasteiger partial charge in [0.25, 0.3) is 11.8 Å². The first-order chi connectivity index (χ1) is 13.6. The SMILES string of the molecule is Cc1ccccc1NC1=C(c2cccs2)C(=O)N(CCN2CCOCC2)C1=O. The van der Waals surface area contributed by atoms with Crippen LogP contribution < -0.4 is 5.32 Å². The van der Waals surface area contributed by atoms with Gasteiger partial charge in [0.1, 0.15) is 5.70 Å². The van der Waals surface area contributed by atoms with Crippen LogP contribution in [0.2, 0.25) is 0 Å². The van der Waals surface area contributed by atoms with Crippen molar-refractivity contribution in [2.24, 2.45) is 0 Å². The number of benzene rings is 1. The first-order valence-electron chi connectivity index (χ1n) is 9.42. The summed E-state index contributed by atoms with van der Waals surface area (Å²) in [6.07, 6.45) is 0. The van der Waals surface area contributed by atoms with Crippen LogP contribution in [0.5, 0.6) is 0 Å². The van der Waals surface area contributed by atoms with E-state index in [1.54, 1.807) is 0 Å². The Labute approximate surface area is 168 Å². The van der Waals surface area contributed by atoms with Gasteiger partial charge < -0.3 is 10.1 Å². The number of imide groups is 1. The van der Waals surface area contributed by atoms with Gasteiger partial charge in [-0.25, -0.2) is 0 Å². The lowest BCUT2D eigenvalue weighted by atomic mass is 10.1. The van der Waals surface area contributed by atoms with E-state index in [1.807, 2.05) is 48.7 Å². The molecular weight excluding hydrogens is 374 g/mol. The molecule has 2 aliphatic heterocycles. The van der Waals surface area contributed by atoms with E-state index in [0.717, 1.165) is 29.2 Å². The summed E-state index contributed by atoms with van der Waals surface area (Å²) in [5.41, 5.74) is 2.68. The van der Waals surface area contributed by atoms with Gasteiger partial charge >= 0.3 is 0 Å². The molecule has 1 fully saturated rings. The van der Waals surface area contributed by atoms with Crippen LogP contribution in [-0.4, -0.2) is 61.0 Å². The van der Waals surface area contributed by atoms with Crippen LogP contribution in [0.25, 0.3) is 5.57 Å². The first kappa shape index (κ1) is 18.9. The van der Waals surface area contributed by atoms with Gasteiger partial charge in [0.05, 0.1) is 18.8 Å². The van der Waals surface area contributed by atoms with Crippen LogP contribution in [0.4, 0.5) is 5.69 Å². The molecule has 0 atom stereocenters. The Morgan fingerprint density at radius 1 is 1.04 bits per heavy atom. The van der Waals surface area contributed by atoms with Crippen LogP contribution in [0.15, 0.2) is 47.5 Å². The van der Waals surface area contributed by atoms with Crippen molar-refractivity contribution in [2.45, 2.75) is 6.92 Å². The number of nitrogens with one attached hydrogen (secondary N) is 1. The fraction of sp³-hybridized carbons (Fsp3) is 0.333. The third-order valence-corrected chi connectivity index (χ3v) is 5.97.